The summed E-state index contributed by atoms with van der Waals surface area (Å²) >= 11 is 1.72. The maximum atomic E-state index is 12.7. The fourth-order valence-corrected chi connectivity index (χ4v) is 4.74. The van der Waals surface area contributed by atoms with Gasteiger partial charge in [0, 0.05) is 10.9 Å². The van der Waals surface area contributed by atoms with Crippen LogP contribution in [0.1, 0.15) is 39.0 Å². The number of aromatic nitrogens is 4. The van der Waals surface area contributed by atoms with Crippen molar-refractivity contribution in [1.82, 2.24) is 19.4 Å². The fraction of sp³-hybridized carbons (Fsp3) is 0.429. The van der Waals surface area contributed by atoms with Crippen LogP contribution in [0.2, 0.25) is 0 Å². The zero-order chi connectivity index (χ0) is 20.9. The lowest BCUT2D eigenvalue weighted by molar-refractivity contribution is -0.117. The summed E-state index contributed by atoms with van der Waals surface area (Å²) in [5.74, 6) is 0.404. The predicted molar refractivity (Wildman–Crippen MR) is 116 cm³/mol. The van der Waals surface area contributed by atoms with Gasteiger partial charge in [-0.3, -0.25) is 4.79 Å². The molecule has 0 saturated heterocycles. The summed E-state index contributed by atoms with van der Waals surface area (Å²) in [6, 6.07) is 10.8. The predicted octanol–water partition coefficient (Wildman–Crippen LogP) is 3.35. The Balaban J connectivity index is 1.43. The molecule has 1 amide bonds. The lowest BCUT2D eigenvalue weighted by atomic mass is 10.0. The zero-order valence-corrected chi connectivity index (χ0v) is 17.7. The van der Waals surface area contributed by atoms with E-state index in [0.717, 1.165) is 15.5 Å². The molecule has 2 aromatic heterocycles. The van der Waals surface area contributed by atoms with Gasteiger partial charge in [0.25, 0.3) is 0 Å². The van der Waals surface area contributed by atoms with Crippen molar-refractivity contribution in [2.24, 2.45) is 0 Å². The number of ether oxygens (including phenoxy) is 1. The SMILES string of the molecule is CCOc1ccc(NC(=O)Cn2nc3ccc(SC4CCCCC4)nn3c2=O)cc1. The zero-order valence-electron chi connectivity index (χ0n) is 16.9. The molecule has 1 aromatic carbocycles. The van der Waals surface area contributed by atoms with Crippen LogP contribution in [0, 0.1) is 0 Å². The molecule has 3 aromatic rings. The van der Waals surface area contributed by atoms with E-state index in [1.807, 2.05) is 13.0 Å². The van der Waals surface area contributed by atoms with E-state index >= 15 is 0 Å². The van der Waals surface area contributed by atoms with E-state index in [4.69, 9.17) is 4.74 Å². The third kappa shape index (κ3) is 4.84. The number of nitrogens with one attached hydrogen (secondary N) is 1. The molecule has 0 bridgehead atoms. The van der Waals surface area contributed by atoms with E-state index in [2.05, 4.69) is 15.5 Å². The molecule has 8 nitrogen and oxygen atoms in total. The second-order valence-corrected chi connectivity index (χ2v) is 8.59. The molecule has 1 aliphatic rings. The Bertz CT molecular complexity index is 1070. The lowest BCUT2D eigenvalue weighted by Gasteiger charge is -2.20. The number of anilines is 1. The van der Waals surface area contributed by atoms with Crippen molar-refractivity contribution < 1.29 is 9.53 Å². The molecule has 1 aliphatic carbocycles. The second kappa shape index (κ2) is 9.34. The Kier molecular flexibility index (Phi) is 6.37. The summed E-state index contributed by atoms with van der Waals surface area (Å²) in [6.07, 6.45) is 6.17. The monoisotopic (exact) mass is 427 g/mol. The van der Waals surface area contributed by atoms with E-state index in [0.29, 0.717) is 23.2 Å². The van der Waals surface area contributed by atoms with Gasteiger partial charge in [0.05, 0.1) is 6.61 Å². The molecule has 1 N–H and O–H groups in total. The number of thioether (sulfide) groups is 1. The minimum absolute atomic E-state index is 0.180. The van der Waals surface area contributed by atoms with Gasteiger partial charge in [0.2, 0.25) is 5.91 Å². The van der Waals surface area contributed by atoms with Crippen LogP contribution in [-0.4, -0.2) is 37.2 Å². The first-order valence-corrected chi connectivity index (χ1v) is 11.2. The van der Waals surface area contributed by atoms with Crippen LogP contribution in [0.5, 0.6) is 5.75 Å². The Hall–Kier alpha value is -2.81. The van der Waals surface area contributed by atoms with Crippen molar-refractivity contribution in [3.05, 3.63) is 46.9 Å². The second-order valence-electron chi connectivity index (χ2n) is 7.27. The van der Waals surface area contributed by atoms with E-state index < -0.39 is 5.69 Å². The van der Waals surface area contributed by atoms with Crippen molar-refractivity contribution in [3.63, 3.8) is 0 Å². The molecule has 0 unspecified atom stereocenters. The van der Waals surface area contributed by atoms with Crippen LogP contribution in [0.3, 0.4) is 0 Å². The van der Waals surface area contributed by atoms with Crippen molar-refractivity contribution in [1.29, 1.82) is 0 Å². The van der Waals surface area contributed by atoms with E-state index in [-0.39, 0.29) is 12.5 Å². The molecule has 1 saturated carbocycles. The number of benzene rings is 1. The first kappa shape index (κ1) is 20.5. The van der Waals surface area contributed by atoms with Crippen LogP contribution in [0.25, 0.3) is 5.65 Å². The molecule has 0 aliphatic heterocycles. The standard InChI is InChI=1S/C21H25N5O3S/c1-2-29-16-10-8-15(9-11-16)22-19(27)14-25-21(28)26-18(23-25)12-13-20(24-26)30-17-6-4-3-5-7-17/h8-13,17H,2-7,14H2,1H3,(H,22,27). The first-order valence-electron chi connectivity index (χ1n) is 10.3. The third-order valence-electron chi connectivity index (χ3n) is 5.00. The third-order valence-corrected chi connectivity index (χ3v) is 6.26. The van der Waals surface area contributed by atoms with Crippen molar-refractivity contribution in [3.8, 4) is 5.75 Å². The largest absolute Gasteiger partial charge is 0.494 e. The average molecular weight is 428 g/mol. The number of hydrogen-bond donors (Lipinski definition) is 1. The van der Waals surface area contributed by atoms with Gasteiger partial charge in [0.15, 0.2) is 5.65 Å². The minimum atomic E-state index is -0.419. The molecule has 0 atom stereocenters. The van der Waals surface area contributed by atoms with Gasteiger partial charge >= 0.3 is 5.69 Å². The molecular weight excluding hydrogens is 402 g/mol. The topological polar surface area (TPSA) is 90.5 Å². The number of carbonyl (C=O) groups is 1. The highest BCUT2D eigenvalue weighted by Gasteiger charge is 2.17. The summed E-state index contributed by atoms with van der Waals surface area (Å²) in [5.41, 5.74) is 0.643. The summed E-state index contributed by atoms with van der Waals surface area (Å²) < 4.78 is 7.80. The van der Waals surface area contributed by atoms with Crippen molar-refractivity contribution in [2.45, 2.75) is 55.8 Å². The summed E-state index contributed by atoms with van der Waals surface area (Å²) in [7, 11) is 0. The van der Waals surface area contributed by atoms with Crippen molar-refractivity contribution in [2.75, 3.05) is 11.9 Å². The van der Waals surface area contributed by atoms with Gasteiger partial charge in [-0.25, -0.2) is 9.48 Å². The highest BCUT2D eigenvalue weighted by atomic mass is 32.2. The van der Waals surface area contributed by atoms with Gasteiger partial charge < -0.3 is 10.1 Å². The molecule has 2 heterocycles. The van der Waals surface area contributed by atoms with Crippen molar-refractivity contribution >= 4 is 29.0 Å². The summed E-state index contributed by atoms with van der Waals surface area (Å²) in [4.78, 5) is 25.0. The molecule has 0 radical (unpaired) electrons. The highest BCUT2D eigenvalue weighted by molar-refractivity contribution is 7.99. The molecule has 30 heavy (non-hydrogen) atoms. The fourth-order valence-electron chi connectivity index (χ4n) is 3.55. The molecule has 9 heteroatoms. The molecule has 1 fully saturated rings. The summed E-state index contributed by atoms with van der Waals surface area (Å²) in [5, 5.41) is 12.8. The maximum absolute atomic E-state index is 12.7. The smallest absolute Gasteiger partial charge is 0.367 e. The van der Waals surface area contributed by atoms with Crippen LogP contribution >= 0.6 is 11.8 Å². The van der Waals surface area contributed by atoms with Crippen LogP contribution in [0.15, 0.2) is 46.2 Å². The number of carbonyl (C=O) groups excluding carboxylic acids is 1. The van der Waals surface area contributed by atoms with Gasteiger partial charge in [-0.05, 0) is 56.2 Å². The van der Waals surface area contributed by atoms with E-state index in [1.54, 1.807) is 42.1 Å². The molecule has 0 spiro atoms. The quantitative estimate of drug-likeness (QED) is 0.622. The molecule has 158 valence electrons. The lowest BCUT2D eigenvalue weighted by Crippen LogP contribution is -2.28. The number of hydrogen-bond acceptors (Lipinski definition) is 6. The number of rotatable bonds is 7. The number of amides is 1. The minimum Gasteiger partial charge on any atom is -0.494 e. The van der Waals surface area contributed by atoms with Crippen LogP contribution in [0.4, 0.5) is 5.69 Å². The number of nitrogens with zero attached hydrogens (tertiary/aromatic N) is 4. The van der Waals surface area contributed by atoms with E-state index in [9.17, 15) is 9.59 Å². The Labute approximate surface area is 178 Å². The maximum Gasteiger partial charge on any atom is 0.367 e. The first-order chi connectivity index (χ1) is 14.6. The number of fused-ring (bicyclic) bond motifs is 1. The molecule has 4 rings (SSSR count). The van der Waals surface area contributed by atoms with Gasteiger partial charge in [-0.2, -0.15) is 9.61 Å². The van der Waals surface area contributed by atoms with Gasteiger partial charge in [0.1, 0.15) is 17.3 Å². The summed E-state index contributed by atoms with van der Waals surface area (Å²) in [6.45, 7) is 2.31. The van der Waals surface area contributed by atoms with Gasteiger partial charge in [-0.1, -0.05) is 19.3 Å². The van der Waals surface area contributed by atoms with Crippen LogP contribution in [-0.2, 0) is 11.3 Å². The Morgan fingerprint density at radius 3 is 2.63 bits per heavy atom. The van der Waals surface area contributed by atoms with Gasteiger partial charge in [-0.15, -0.1) is 16.9 Å². The highest BCUT2D eigenvalue weighted by Crippen LogP contribution is 2.32. The Morgan fingerprint density at radius 1 is 1.13 bits per heavy atom. The van der Waals surface area contributed by atoms with Crippen LogP contribution < -0.4 is 15.7 Å². The Morgan fingerprint density at radius 2 is 1.90 bits per heavy atom. The van der Waals surface area contributed by atoms with E-state index in [1.165, 1.54) is 36.6 Å². The average Bonchev–Trinajstić information content (AvgIpc) is 3.05. The normalized spacial score (nSPS) is 14.7. The molecular formula is C21H25N5O3S.